The van der Waals surface area contributed by atoms with Crippen LogP contribution in [0.5, 0.6) is 0 Å². The molecule has 1 aliphatic heterocycles. The highest BCUT2D eigenvalue weighted by Gasteiger charge is 2.48. The highest BCUT2D eigenvalue weighted by Crippen LogP contribution is 2.46. The van der Waals surface area contributed by atoms with Crippen molar-refractivity contribution in [2.24, 2.45) is 0 Å². The van der Waals surface area contributed by atoms with E-state index in [9.17, 15) is 0 Å². The SMILES string of the molecule is C[Si](C)(O[SiH3])C1CCC2OC2C1. The summed E-state index contributed by atoms with van der Waals surface area (Å²) in [6, 6.07) is 0. The predicted molar refractivity (Wildman–Crippen MR) is 54.8 cm³/mol. The quantitative estimate of drug-likeness (QED) is 0.488. The van der Waals surface area contributed by atoms with Gasteiger partial charge in [-0.1, -0.05) is 0 Å². The maximum atomic E-state index is 5.77. The molecule has 0 aromatic carbocycles. The van der Waals surface area contributed by atoms with Crippen molar-refractivity contribution < 1.29 is 8.85 Å². The lowest BCUT2D eigenvalue weighted by atomic mass is 10.0. The van der Waals surface area contributed by atoms with Crippen LogP contribution in [-0.2, 0) is 8.85 Å². The van der Waals surface area contributed by atoms with Gasteiger partial charge in [-0.3, -0.25) is 0 Å². The summed E-state index contributed by atoms with van der Waals surface area (Å²) in [6.45, 7) is 4.71. The van der Waals surface area contributed by atoms with E-state index in [-0.39, 0.29) is 0 Å². The zero-order valence-corrected chi connectivity index (χ0v) is 11.2. The van der Waals surface area contributed by atoms with Crippen molar-refractivity contribution in [1.82, 2.24) is 0 Å². The minimum Gasteiger partial charge on any atom is -0.463 e. The molecule has 0 radical (unpaired) electrons. The molecule has 1 saturated carbocycles. The zero-order valence-electron chi connectivity index (χ0n) is 8.17. The predicted octanol–water partition coefficient (Wildman–Crippen LogP) is 0.810. The summed E-state index contributed by atoms with van der Waals surface area (Å²) in [4.78, 5) is 0. The van der Waals surface area contributed by atoms with Crippen LogP contribution in [0.1, 0.15) is 19.3 Å². The Hall–Kier alpha value is 0.354. The average Bonchev–Trinajstić information content (AvgIpc) is 2.81. The van der Waals surface area contributed by atoms with E-state index >= 15 is 0 Å². The maximum absolute atomic E-state index is 5.77. The lowest BCUT2D eigenvalue weighted by molar-refractivity contribution is 0.372. The normalized spacial score (nSPS) is 41.0. The van der Waals surface area contributed by atoms with Gasteiger partial charge in [0.15, 0.2) is 8.32 Å². The monoisotopic (exact) mass is 202 g/mol. The van der Waals surface area contributed by atoms with Crippen LogP contribution in [-0.4, -0.2) is 31.0 Å². The molecule has 2 fully saturated rings. The van der Waals surface area contributed by atoms with Gasteiger partial charge in [-0.25, -0.2) is 0 Å². The molecule has 1 heterocycles. The Kier molecular flexibility index (Phi) is 2.19. The molecule has 0 spiro atoms. The average molecular weight is 202 g/mol. The molecule has 4 heteroatoms. The molecule has 0 bridgehead atoms. The number of hydrogen-bond acceptors (Lipinski definition) is 2. The molecule has 2 aliphatic rings. The summed E-state index contributed by atoms with van der Waals surface area (Å²) in [7, 11) is -0.401. The Morgan fingerprint density at radius 2 is 2.08 bits per heavy atom. The van der Waals surface area contributed by atoms with E-state index in [2.05, 4.69) is 13.1 Å². The van der Waals surface area contributed by atoms with Gasteiger partial charge >= 0.3 is 0 Å². The first kappa shape index (κ1) is 8.93. The van der Waals surface area contributed by atoms with Crippen molar-refractivity contribution in [3.8, 4) is 0 Å². The molecule has 12 heavy (non-hydrogen) atoms. The molecule has 1 saturated heterocycles. The van der Waals surface area contributed by atoms with Crippen molar-refractivity contribution in [2.45, 2.75) is 50.1 Å². The van der Waals surface area contributed by atoms with Crippen LogP contribution < -0.4 is 0 Å². The van der Waals surface area contributed by atoms with E-state index in [0.717, 1.165) is 16.0 Å². The third kappa shape index (κ3) is 1.53. The third-order valence-electron chi connectivity index (χ3n) is 3.51. The minimum atomic E-state index is -1.31. The summed E-state index contributed by atoms with van der Waals surface area (Å²) < 4.78 is 11.3. The zero-order chi connectivity index (χ0) is 8.77. The number of rotatable bonds is 2. The molecule has 70 valence electrons. The molecule has 0 N–H and O–H groups in total. The van der Waals surface area contributed by atoms with Gasteiger partial charge in [0.05, 0.1) is 12.2 Å². The summed E-state index contributed by atoms with van der Waals surface area (Å²) in [6.07, 6.45) is 5.18. The molecule has 2 nitrogen and oxygen atoms in total. The van der Waals surface area contributed by atoms with Crippen LogP contribution in [0.4, 0.5) is 0 Å². The van der Waals surface area contributed by atoms with Gasteiger partial charge < -0.3 is 8.85 Å². The second-order valence-corrected chi connectivity index (χ2v) is 10.2. The fourth-order valence-corrected chi connectivity index (χ4v) is 5.20. The van der Waals surface area contributed by atoms with Crippen molar-refractivity contribution in [3.63, 3.8) is 0 Å². The largest absolute Gasteiger partial charge is 0.463 e. The van der Waals surface area contributed by atoms with Crippen LogP contribution in [0.25, 0.3) is 0 Å². The number of epoxide rings is 1. The van der Waals surface area contributed by atoms with Crippen molar-refractivity contribution in [2.75, 3.05) is 0 Å². The smallest absolute Gasteiger partial charge is 0.175 e. The fourth-order valence-electron chi connectivity index (χ4n) is 2.20. The van der Waals surface area contributed by atoms with Crippen LogP contribution in [0.2, 0.25) is 18.6 Å². The number of ether oxygens (including phenoxy) is 1. The topological polar surface area (TPSA) is 21.8 Å². The summed E-state index contributed by atoms with van der Waals surface area (Å²) in [5, 5.41) is 0. The van der Waals surface area contributed by atoms with Crippen molar-refractivity contribution in [1.29, 1.82) is 0 Å². The molecule has 0 amide bonds. The molecule has 3 unspecified atom stereocenters. The van der Waals surface area contributed by atoms with Gasteiger partial charge in [0.2, 0.25) is 0 Å². The van der Waals surface area contributed by atoms with Gasteiger partial charge in [-0.05, 0) is 37.9 Å². The Balaban J connectivity index is 1.95. The summed E-state index contributed by atoms with van der Waals surface area (Å²) in [5.41, 5.74) is 0.860. The molecule has 2 rings (SSSR count). The molecular formula is C8H18O2Si2. The summed E-state index contributed by atoms with van der Waals surface area (Å²) >= 11 is 0. The molecular weight excluding hydrogens is 184 g/mol. The molecule has 1 aliphatic carbocycles. The first-order valence-corrected chi connectivity index (χ1v) is 8.64. The summed E-state index contributed by atoms with van der Waals surface area (Å²) in [5.74, 6) is 0. The lowest BCUT2D eigenvalue weighted by Crippen LogP contribution is -2.38. The van der Waals surface area contributed by atoms with Crippen LogP contribution in [0.15, 0.2) is 0 Å². The van der Waals surface area contributed by atoms with Crippen LogP contribution in [0.3, 0.4) is 0 Å². The van der Waals surface area contributed by atoms with E-state index in [4.69, 9.17) is 8.85 Å². The molecule has 3 atom stereocenters. The van der Waals surface area contributed by atoms with Crippen molar-refractivity contribution >= 4 is 18.8 Å². The van der Waals surface area contributed by atoms with Crippen molar-refractivity contribution in [3.05, 3.63) is 0 Å². The third-order valence-corrected chi connectivity index (χ3v) is 10.2. The van der Waals surface area contributed by atoms with E-state index in [1.54, 1.807) is 0 Å². The Labute approximate surface area is 78.3 Å². The van der Waals surface area contributed by atoms with E-state index in [1.807, 2.05) is 0 Å². The van der Waals surface area contributed by atoms with Crippen LogP contribution >= 0.6 is 0 Å². The van der Waals surface area contributed by atoms with E-state index < -0.39 is 8.32 Å². The Morgan fingerprint density at radius 3 is 2.67 bits per heavy atom. The highest BCUT2D eigenvalue weighted by atomic mass is 28.4. The number of fused-ring (bicyclic) bond motifs is 1. The first-order valence-electron chi connectivity index (χ1n) is 4.84. The maximum Gasteiger partial charge on any atom is 0.175 e. The Morgan fingerprint density at radius 1 is 1.33 bits per heavy atom. The lowest BCUT2D eigenvalue weighted by Gasteiger charge is -2.32. The molecule has 0 aromatic heterocycles. The van der Waals surface area contributed by atoms with E-state index in [0.29, 0.717) is 12.2 Å². The van der Waals surface area contributed by atoms with Gasteiger partial charge in [0.25, 0.3) is 0 Å². The van der Waals surface area contributed by atoms with Gasteiger partial charge in [-0.15, -0.1) is 0 Å². The second kappa shape index (κ2) is 2.94. The van der Waals surface area contributed by atoms with E-state index in [1.165, 1.54) is 19.3 Å². The fraction of sp³-hybridized carbons (Fsp3) is 1.00. The highest BCUT2D eigenvalue weighted by molar-refractivity contribution is 6.75. The van der Waals surface area contributed by atoms with Gasteiger partial charge in [0, 0.05) is 0 Å². The second-order valence-electron chi connectivity index (χ2n) is 4.53. The molecule has 0 aromatic rings. The number of hydrogen-bond donors (Lipinski definition) is 0. The first-order chi connectivity index (χ1) is 5.63. The van der Waals surface area contributed by atoms with Crippen LogP contribution in [0, 0.1) is 0 Å². The minimum absolute atomic E-state index is 0.618. The van der Waals surface area contributed by atoms with Gasteiger partial charge in [-0.2, -0.15) is 0 Å². The van der Waals surface area contributed by atoms with Gasteiger partial charge in [0.1, 0.15) is 10.5 Å². The Bertz CT molecular complexity index is 184. The standard InChI is InChI=1S/C8H18O2Si2/c1-12(2,10-11)6-3-4-7-8(5-6)9-7/h6-8H,3-5H2,1-2,11H3.